The summed E-state index contributed by atoms with van der Waals surface area (Å²) >= 11 is 0. The number of aromatic amines is 1. The van der Waals surface area contributed by atoms with Crippen molar-refractivity contribution >= 4 is 15.9 Å². The highest BCUT2D eigenvalue weighted by molar-refractivity contribution is 7.91. The fraction of sp³-hybridized carbons (Fsp3) is 0.267. The molecule has 21 heavy (non-hydrogen) atoms. The van der Waals surface area contributed by atoms with Gasteiger partial charge < -0.3 is 5.73 Å². The molecule has 0 saturated heterocycles. The van der Waals surface area contributed by atoms with E-state index in [1.807, 2.05) is 37.3 Å². The Balaban J connectivity index is 2.30. The van der Waals surface area contributed by atoms with Crippen molar-refractivity contribution in [2.75, 3.05) is 5.75 Å². The van der Waals surface area contributed by atoms with Gasteiger partial charge in [-0.3, -0.25) is 5.10 Å². The van der Waals surface area contributed by atoms with Crippen LogP contribution in [0, 0.1) is 0 Å². The van der Waals surface area contributed by atoms with E-state index in [2.05, 4.69) is 10.2 Å². The minimum atomic E-state index is -3.39. The van der Waals surface area contributed by atoms with E-state index >= 15 is 0 Å². The lowest BCUT2D eigenvalue weighted by Gasteiger charge is -2.08. The average Bonchev–Trinajstić information content (AvgIpc) is 3.02. The molecule has 3 N–H and O–H groups in total. The maximum Gasteiger partial charge on any atom is 0.198 e. The number of sulfone groups is 1. The quantitative estimate of drug-likeness (QED) is 0.855. The summed E-state index contributed by atoms with van der Waals surface area (Å²) in [5, 5.41) is 6.35. The van der Waals surface area contributed by atoms with Gasteiger partial charge in [-0.1, -0.05) is 42.8 Å². The first-order valence-corrected chi connectivity index (χ1v) is 8.41. The van der Waals surface area contributed by atoms with Gasteiger partial charge in [-0.2, -0.15) is 5.10 Å². The number of aromatic nitrogens is 2. The largest absolute Gasteiger partial charge is 0.326 e. The Morgan fingerprint density at radius 3 is 2.71 bits per heavy atom. The summed E-state index contributed by atoms with van der Waals surface area (Å²) < 4.78 is 24.5. The van der Waals surface area contributed by atoms with Crippen LogP contribution in [0.2, 0.25) is 0 Å². The van der Waals surface area contributed by atoms with Gasteiger partial charge in [-0.25, -0.2) is 8.42 Å². The molecule has 0 aliphatic rings. The van der Waals surface area contributed by atoms with Gasteiger partial charge in [0.25, 0.3) is 0 Å². The molecular weight excluding hydrogens is 286 g/mol. The molecule has 0 fully saturated rings. The molecule has 0 unspecified atom stereocenters. The second kappa shape index (κ2) is 6.69. The molecule has 0 aliphatic heterocycles. The van der Waals surface area contributed by atoms with Gasteiger partial charge in [0.1, 0.15) is 0 Å². The Labute approximate surface area is 124 Å². The average molecular weight is 305 g/mol. The zero-order chi connectivity index (χ0) is 15.3. The molecule has 0 aliphatic carbocycles. The molecular formula is C15H19N3O2S. The van der Waals surface area contributed by atoms with Crippen molar-refractivity contribution in [3.05, 3.63) is 53.2 Å². The first kappa shape index (κ1) is 15.5. The standard InChI is InChI=1S/C15H19N3O2S/c1-2-12(9-13-5-3-4-6-14(13)10-16)11-21(19,20)15-7-8-17-18-15/h3-9H,2,10-11,16H2,1H3,(H,17,18). The molecule has 2 aromatic rings. The van der Waals surface area contributed by atoms with Crippen LogP contribution in [0.25, 0.3) is 6.08 Å². The summed E-state index contributed by atoms with van der Waals surface area (Å²) in [5.74, 6) is -0.0232. The lowest BCUT2D eigenvalue weighted by atomic mass is 10.0. The van der Waals surface area contributed by atoms with Gasteiger partial charge in [0.15, 0.2) is 14.9 Å². The first-order valence-electron chi connectivity index (χ1n) is 6.76. The normalized spacial score (nSPS) is 12.6. The Kier molecular flexibility index (Phi) is 4.93. The number of benzene rings is 1. The minimum Gasteiger partial charge on any atom is -0.326 e. The van der Waals surface area contributed by atoms with Crippen molar-refractivity contribution in [3.8, 4) is 0 Å². The van der Waals surface area contributed by atoms with Gasteiger partial charge in [0.2, 0.25) is 0 Å². The smallest absolute Gasteiger partial charge is 0.198 e. The Morgan fingerprint density at radius 1 is 1.33 bits per heavy atom. The van der Waals surface area contributed by atoms with E-state index in [9.17, 15) is 8.42 Å². The molecule has 1 aromatic heterocycles. The molecule has 0 radical (unpaired) electrons. The third-order valence-electron chi connectivity index (χ3n) is 3.27. The highest BCUT2D eigenvalue weighted by Crippen LogP contribution is 2.18. The van der Waals surface area contributed by atoms with Crippen LogP contribution in [0.3, 0.4) is 0 Å². The molecule has 0 saturated carbocycles. The Hall–Kier alpha value is -1.92. The van der Waals surface area contributed by atoms with E-state index in [0.29, 0.717) is 13.0 Å². The van der Waals surface area contributed by atoms with E-state index < -0.39 is 9.84 Å². The molecule has 0 spiro atoms. The van der Waals surface area contributed by atoms with E-state index in [1.54, 1.807) is 0 Å². The van der Waals surface area contributed by atoms with Gasteiger partial charge >= 0.3 is 0 Å². The van der Waals surface area contributed by atoms with Crippen molar-refractivity contribution in [1.82, 2.24) is 10.2 Å². The maximum atomic E-state index is 12.3. The second-order valence-corrected chi connectivity index (χ2v) is 6.70. The van der Waals surface area contributed by atoms with Crippen molar-refractivity contribution in [3.63, 3.8) is 0 Å². The predicted molar refractivity (Wildman–Crippen MR) is 83.2 cm³/mol. The zero-order valence-corrected chi connectivity index (χ0v) is 12.7. The number of H-pyrrole nitrogens is 1. The van der Waals surface area contributed by atoms with Crippen molar-refractivity contribution in [1.29, 1.82) is 0 Å². The molecule has 1 heterocycles. The van der Waals surface area contributed by atoms with Crippen LogP contribution >= 0.6 is 0 Å². The van der Waals surface area contributed by atoms with Crippen LogP contribution in [-0.4, -0.2) is 24.4 Å². The highest BCUT2D eigenvalue weighted by atomic mass is 32.2. The van der Waals surface area contributed by atoms with E-state index in [0.717, 1.165) is 16.7 Å². The lowest BCUT2D eigenvalue weighted by molar-refractivity contribution is 0.593. The number of rotatable bonds is 6. The van der Waals surface area contributed by atoms with Crippen LogP contribution in [-0.2, 0) is 16.4 Å². The van der Waals surface area contributed by atoms with E-state index in [-0.39, 0.29) is 10.8 Å². The summed E-state index contributed by atoms with van der Waals surface area (Å²) in [6.07, 6.45) is 4.01. The third kappa shape index (κ3) is 3.80. The van der Waals surface area contributed by atoms with Crippen LogP contribution in [0.15, 0.2) is 47.1 Å². The fourth-order valence-corrected chi connectivity index (χ4v) is 3.46. The number of hydrogen-bond donors (Lipinski definition) is 2. The number of hydrogen-bond acceptors (Lipinski definition) is 4. The van der Waals surface area contributed by atoms with Gasteiger partial charge in [-0.05, 0) is 23.6 Å². The van der Waals surface area contributed by atoms with Crippen LogP contribution in [0.5, 0.6) is 0 Å². The number of nitrogens with one attached hydrogen (secondary N) is 1. The number of nitrogens with zero attached hydrogens (tertiary/aromatic N) is 1. The molecule has 0 bridgehead atoms. The van der Waals surface area contributed by atoms with Crippen molar-refractivity contribution in [2.45, 2.75) is 24.9 Å². The summed E-state index contributed by atoms with van der Waals surface area (Å²) in [5.41, 5.74) is 8.52. The van der Waals surface area contributed by atoms with Gasteiger partial charge in [-0.15, -0.1) is 0 Å². The summed E-state index contributed by atoms with van der Waals surface area (Å²) in [7, 11) is -3.39. The lowest BCUT2D eigenvalue weighted by Crippen LogP contribution is -2.09. The third-order valence-corrected chi connectivity index (χ3v) is 4.92. The van der Waals surface area contributed by atoms with Crippen LogP contribution in [0.1, 0.15) is 24.5 Å². The molecule has 1 aromatic carbocycles. The number of nitrogens with two attached hydrogens (primary N) is 1. The van der Waals surface area contributed by atoms with Crippen molar-refractivity contribution in [2.24, 2.45) is 5.73 Å². The van der Waals surface area contributed by atoms with Crippen LogP contribution in [0.4, 0.5) is 0 Å². The van der Waals surface area contributed by atoms with Crippen LogP contribution < -0.4 is 5.73 Å². The fourth-order valence-electron chi connectivity index (χ4n) is 2.06. The Morgan fingerprint density at radius 2 is 2.10 bits per heavy atom. The van der Waals surface area contributed by atoms with E-state index in [4.69, 9.17) is 5.73 Å². The molecule has 2 rings (SSSR count). The molecule has 0 atom stereocenters. The Bertz CT molecular complexity index is 719. The van der Waals surface area contributed by atoms with Gasteiger partial charge in [0, 0.05) is 6.54 Å². The van der Waals surface area contributed by atoms with Crippen molar-refractivity contribution < 1.29 is 8.42 Å². The second-order valence-electron chi connectivity index (χ2n) is 4.74. The SMILES string of the molecule is CCC(=Cc1ccccc1CN)CS(=O)(=O)c1ccn[nH]1. The van der Waals surface area contributed by atoms with E-state index in [1.165, 1.54) is 12.3 Å². The predicted octanol–water partition coefficient (Wildman–Crippen LogP) is 2.14. The summed E-state index contributed by atoms with van der Waals surface area (Å²) in [6.45, 7) is 2.37. The monoisotopic (exact) mass is 305 g/mol. The zero-order valence-electron chi connectivity index (χ0n) is 11.9. The highest BCUT2D eigenvalue weighted by Gasteiger charge is 2.17. The maximum absolute atomic E-state index is 12.3. The topological polar surface area (TPSA) is 88.8 Å². The molecule has 6 heteroatoms. The minimum absolute atomic E-state index is 0.0232. The summed E-state index contributed by atoms with van der Waals surface area (Å²) in [6, 6.07) is 9.20. The molecule has 112 valence electrons. The molecule has 0 amide bonds. The van der Waals surface area contributed by atoms with Gasteiger partial charge in [0.05, 0.1) is 11.9 Å². The summed E-state index contributed by atoms with van der Waals surface area (Å²) in [4.78, 5) is 0. The molecule has 5 nitrogen and oxygen atoms in total. The first-order chi connectivity index (χ1) is 10.1.